The number of aliphatic hydroxyl groups excluding tert-OH is 2. The Morgan fingerprint density at radius 3 is 1.73 bits per heavy atom. The molecule has 0 heterocycles. The molecule has 1 unspecified atom stereocenters. The summed E-state index contributed by atoms with van der Waals surface area (Å²) in [4.78, 5) is 47.7. The number of rotatable bonds is 42. The van der Waals surface area contributed by atoms with Crippen molar-refractivity contribution in [1.82, 2.24) is 0 Å². The summed E-state index contributed by atoms with van der Waals surface area (Å²) in [5.74, 6) is -1.56. The Labute approximate surface area is 364 Å². The van der Waals surface area contributed by atoms with Crippen LogP contribution in [0, 0.1) is 11.8 Å². The molecule has 352 valence electrons. The van der Waals surface area contributed by atoms with Gasteiger partial charge in [-0.2, -0.15) is 0 Å². The van der Waals surface area contributed by atoms with E-state index >= 15 is 0 Å². The van der Waals surface area contributed by atoms with Crippen molar-refractivity contribution >= 4 is 25.5 Å². The van der Waals surface area contributed by atoms with Crippen molar-refractivity contribution in [2.45, 2.75) is 231 Å². The highest BCUT2D eigenvalue weighted by Gasteiger charge is 2.39. The SMILES string of the molecule is CCCCCCCCCCCCCCCCCCCCCC(=O)OC[C@H](COP(=O)(O)OCCN)OC(=O)CCCCCC[C@H]1[C@@H](O)CC(=O)[C@@H]1/C=C/[C@@H](O)CCCCC. The van der Waals surface area contributed by atoms with E-state index in [2.05, 4.69) is 13.8 Å². The number of ketones is 1. The van der Waals surface area contributed by atoms with Gasteiger partial charge < -0.3 is 30.3 Å². The van der Waals surface area contributed by atoms with Gasteiger partial charge in [0, 0.05) is 31.7 Å². The van der Waals surface area contributed by atoms with E-state index in [1.807, 2.05) is 0 Å². The molecule has 0 aromatic rings. The van der Waals surface area contributed by atoms with E-state index in [-0.39, 0.29) is 50.7 Å². The molecule has 0 aliphatic heterocycles. The van der Waals surface area contributed by atoms with Gasteiger partial charge >= 0.3 is 19.8 Å². The zero-order valence-corrected chi connectivity index (χ0v) is 38.8. The second-order valence-corrected chi connectivity index (χ2v) is 18.6. The molecular weight excluding hydrogens is 785 g/mol. The fourth-order valence-corrected chi connectivity index (χ4v) is 8.66. The molecule has 0 spiro atoms. The average Bonchev–Trinajstić information content (AvgIpc) is 3.49. The molecule has 1 saturated carbocycles. The van der Waals surface area contributed by atoms with Crippen LogP contribution in [0.25, 0.3) is 0 Å². The Morgan fingerprint density at radius 2 is 1.20 bits per heavy atom. The number of hydrogen-bond acceptors (Lipinski definition) is 11. The predicted octanol–water partition coefficient (Wildman–Crippen LogP) is 10.8. The van der Waals surface area contributed by atoms with Gasteiger partial charge in [0.25, 0.3) is 0 Å². The summed E-state index contributed by atoms with van der Waals surface area (Å²) in [5.41, 5.74) is 5.35. The van der Waals surface area contributed by atoms with Crippen molar-refractivity contribution in [2.75, 3.05) is 26.4 Å². The van der Waals surface area contributed by atoms with Gasteiger partial charge in [-0.25, -0.2) is 4.57 Å². The predicted molar refractivity (Wildman–Crippen MR) is 239 cm³/mol. The number of hydrogen-bond donors (Lipinski definition) is 4. The second kappa shape index (κ2) is 37.9. The Morgan fingerprint density at radius 1 is 0.717 bits per heavy atom. The maximum atomic E-state index is 12.7. The highest BCUT2D eigenvalue weighted by atomic mass is 31.2. The molecule has 5 N–H and O–H groups in total. The maximum absolute atomic E-state index is 12.7. The molecule has 12 nitrogen and oxygen atoms in total. The topological polar surface area (TPSA) is 192 Å². The van der Waals surface area contributed by atoms with Gasteiger partial charge in [-0.05, 0) is 31.6 Å². The van der Waals surface area contributed by atoms with Crippen LogP contribution in [0.4, 0.5) is 0 Å². The van der Waals surface area contributed by atoms with Crippen molar-refractivity contribution in [1.29, 1.82) is 0 Å². The van der Waals surface area contributed by atoms with Crippen molar-refractivity contribution in [3.05, 3.63) is 12.2 Å². The van der Waals surface area contributed by atoms with Crippen molar-refractivity contribution in [3.8, 4) is 0 Å². The minimum Gasteiger partial charge on any atom is -0.462 e. The first-order valence-electron chi connectivity index (χ1n) is 24.3. The molecule has 1 rings (SSSR count). The van der Waals surface area contributed by atoms with Crippen LogP contribution in [-0.2, 0) is 37.5 Å². The standard InChI is InChI=1S/C47H88NO11P/c1-3-5-7-8-9-10-11-12-13-14-15-16-17-18-19-20-21-22-27-31-46(52)56-38-41(39-58-60(54,55)57-36-35-48)59-47(53)32-28-24-23-26-30-42-43(45(51)37-44(42)50)34-33-40(49)29-25-6-4-2/h33-34,40-44,49-50H,3-32,35-39,48H2,1-2H3,(H,54,55)/b34-33+/t40-,41+,42+,43+,44-/m0/s1. The molecule has 0 radical (unpaired) electrons. The smallest absolute Gasteiger partial charge is 0.462 e. The summed E-state index contributed by atoms with van der Waals surface area (Å²) in [5, 5.41) is 20.8. The maximum Gasteiger partial charge on any atom is 0.472 e. The zero-order valence-electron chi connectivity index (χ0n) is 37.9. The summed E-state index contributed by atoms with van der Waals surface area (Å²) in [6.45, 7) is 3.39. The van der Waals surface area contributed by atoms with Crippen molar-refractivity contribution < 1.29 is 52.6 Å². The molecule has 0 amide bonds. The first-order chi connectivity index (χ1) is 29.0. The number of unbranched alkanes of at least 4 members (excludes halogenated alkanes) is 23. The normalized spacial score (nSPS) is 18.8. The number of phosphoric ester groups is 1. The van der Waals surface area contributed by atoms with Gasteiger partial charge in [0.2, 0.25) is 0 Å². The zero-order chi connectivity index (χ0) is 44.1. The van der Waals surface area contributed by atoms with Crippen molar-refractivity contribution in [2.24, 2.45) is 17.6 Å². The van der Waals surface area contributed by atoms with Crippen LogP contribution in [0.2, 0.25) is 0 Å². The largest absolute Gasteiger partial charge is 0.472 e. The van der Waals surface area contributed by atoms with Gasteiger partial charge in [-0.3, -0.25) is 23.4 Å². The lowest BCUT2D eigenvalue weighted by molar-refractivity contribution is -0.161. The van der Waals surface area contributed by atoms with E-state index in [9.17, 15) is 34.1 Å². The van der Waals surface area contributed by atoms with E-state index in [1.165, 1.54) is 96.3 Å². The molecule has 1 aliphatic rings. The van der Waals surface area contributed by atoms with Gasteiger partial charge in [0.1, 0.15) is 12.4 Å². The molecule has 0 saturated heterocycles. The van der Waals surface area contributed by atoms with E-state index in [0.29, 0.717) is 25.7 Å². The number of aliphatic hydroxyl groups is 2. The quantitative estimate of drug-likeness (QED) is 0.0197. The van der Waals surface area contributed by atoms with Crippen molar-refractivity contribution in [3.63, 3.8) is 0 Å². The van der Waals surface area contributed by atoms with Crippen LogP contribution >= 0.6 is 7.82 Å². The van der Waals surface area contributed by atoms with Crippen LogP contribution in [0.3, 0.4) is 0 Å². The second-order valence-electron chi connectivity index (χ2n) is 17.1. The number of nitrogens with two attached hydrogens (primary N) is 1. The highest BCUT2D eigenvalue weighted by molar-refractivity contribution is 7.47. The van der Waals surface area contributed by atoms with Gasteiger partial charge in [0.15, 0.2) is 6.10 Å². The minimum absolute atomic E-state index is 0.000650. The highest BCUT2D eigenvalue weighted by Crippen LogP contribution is 2.43. The fourth-order valence-electron chi connectivity index (χ4n) is 7.89. The third-order valence-electron chi connectivity index (χ3n) is 11.6. The van der Waals surface area contributed by atoms with Gasteiger partial charge in [-0.1, -0.05) is 180 Å². The number of phosphoric acid groups is 1. The molecule has 0 bridgehead atoms. The number of carbonyl (C=O) groups is 3. The van der Waals surface area contributed by atoms with E-state index in [1.54, 1.807) is 12.2 Å². The third kappa shape index (κ3) is 31.2. The first-order valence-corrected chi connectivity index (χ1v) is 25.8. The summed E-state index contributed by atoms with van der Waals surface area (Å²) in [6.07, 6.45) is 32.9. The minimum atomic E-state index is -4.44. The van der Waals surface area contributed by atoms with E-state index < -0.39 is 50.6 Å². The monoisotopic (exact) mass is 874 g/mol. The molecule has 13 heteroatoms. The molecule has 60 heavy (non-hydrogen) atoms. The Hall–Kier alpha value is -1.66. The number of esters is 2. The van der Waals surface area contributed by atoms with Crippen LogP contribution in [-0.4, -0.2) is 77.5 Å². The molecule has 1 aliphatic carbocycles. The van der Waals surface area contributed by atoms with Gasteiger partial charge in [0.05, 0.1) is 25.4 Å². The molecular formula is C47H88NO11P. The van der Waals surface area contributed by atoms with E-state index in [0.717, 1.165) is 57.8 Å². The van der Waals surface area contributed by atoms with Crippen LogP contribution in [0.15, 0.2) is 12.2 Å². The summed E-state index contributed by atoms with van der Waals surface area (Å²) in [7, 11) is -4.44. The summed E-state index contributed by atoms with van der Waals surface area (Å²) in [6, 6.07) is 0. The van der Waals surface area contributed by atoms with Crippen LogP contribution < -0.4 is 5.73 Å². The van der Waals surface area contributed by atoms with Gasteiger partial charge in [-0.15, -0.1) is 0 Å². The van der Waals surface area contributed by atoms with Crippen LogP contribution in [0.5, 0.6) is 0 Å². The number of allylic oxidation sites excluding steroid dienone is 1. The lowest BCUT2D eigenvalue weighted by Crippen LogP contribution is -2.29. The molecule has 0 aromatic carbocycles. The van der Waals surface area contributed by atoms with E-state index in [4.69, 9.17) is 24.3 Å². The summed E-state index contributed by atoms with van der Waals surface area (Å²) >= 11 is 0. The molecule has 0 aromatic heterocycles. The first kappa shape index (κ1) is 56.4. The Bertz CT molecular complexity index is 1150. The average molecular weight is 874 g/mol. The Kier molecular flexibility index (Phi) is 35.6. The number of ether oxygens (including phenoxy) is 2. The molecule has 6 atom stereocenters. The van der Waals surface area contributed by atoms with Crippen LogP contribution in [0.1, 0.15) is 213 Å². The number of Topliss-reactive ketones (excluding diaryl/α,β-unsaturated/α-hetero) is 1. The lowest BCUT2D eigenvalue weighted by atomic mass is 9.88. The summed E-state index contributed by atoms with van der Waals surface area (Å²) < 4.78 is 32.9. The number of carbonyl (C=O) groups excluding carboxylic acids is 3. The lowest BCUT2D eigenvalue weighted by Gasteiger charge is -2.20. The third-order valence-corrected chi connectivity index (χ3v) is 12.5. The fraction of sp³-hybridized carbons (Fsp3) is 0.894. The molecule has 1 fully saturated rings. The Balaban J connectivity index is 2.29.